The van der Waals surface area contributed by atoms with Crippen LogP contribution in [0.5, 0.6) is 0 Å². The Bertz CT molecular complexity index is 276. The predicted octanol–water partition coefficient (Wildman–Crippen LogP) is 0.401. The zero-order valence-electron chi connectivity index (χ0n) is 10.6. The number of hydrogen-bond donors (Lipinski definition) is 1. The van der Waals surface area contributed by atoms with E-state index in [2.05, 4.69) is 4.81 Å². The van der Waals surface area contributed by atoms with Gasteiger partial charge in [0.15, 0.2) is 0 Å². The van der Waals surface area contributed by atoms with Crippen molar-refractivity contribution in [1.82, 2.24) is 4.81 Å². The highest BCUT2D eigenvalue weighted by atomic mass is 16.5. The number of hydrogen-bond acceptors (Lipinski definition) is 4. The molecule has 0 saturated carbocycles. The van der Waals surface area contributed by atoms with E-state index < -0.39 is 6.10 Å². The van der Waals surface area contributed by atoms with Gasteiger partial charge in [0, 0.05) is 5.92 Å². The number of carbonyl (C=O) groups excluding carboxylic acids is 1. The average Bonchev–Trinajstić information content (AvgIpc) is 2.89. The van der Waals surface area contributed by atoms with Crippen molar-refractivity contribution in [2.75, 3.05) is 6.54 Å². The van der Waals surface area contributed by atoms with Gasteiger partial charge in [0.1, 0.15) is 6.29 Å². The minimum atomic E-state index is -0.390. The summed E-state index contributed by atoms with van der Waals surface area (Å²) in [5.41, 5.74) is 0. The second-order valence-electron chi connectivity index (χ2n) is 5.13. The number of aliphatic hydroxyl groups is 1. The lowest BCUT2D eigenvalue weighted by atomic mass is 9.74. The van der Waals surface area contributed by atoms with E-state index in [4.69, 9.17) is 4.74 Å². The van der Waals surface area contributed by atoms with Gasteiger partial charge in [-0.2, -0.15) is 0 Å². The monoisotopic (exact) mass is 238 g/mol. The molecule has 2 aliphatic heterocycles. The van der Waals surface area contributed by atoms with Crippen molar-refractivity contribution in [3.63, 3.8) is 0 Å². The Morgan fingerprint density at radius 2 is 2.35 bits per heavy atom. The van der Waals surface area contributed by atoms with E-state index in [-0.39, 0.29) is 24.1 Å². The highest BCUT2D eigenvalue weighted by molar-refractivity contribution is 6.34. The number of aliphatic hydroxyl groups excluding tert-OH is 1. The van der Waals surface area contributed by atoms with Crippen LogP contribution in [0.15, 0.2) is 0 Å². The van der Waals surface area contributed by atoms with Crippen LogP contribution in [0.4, 0.5) is 0 Å². The third-order valence-corrected chi connectivity index (χ3v) is 4.01. The second-order valence-corrected chi connectivity index (χ2v) is 5.13. The Kier molecular flexibility index (Phi) is 4.23. The summed E-state index contributed by atoms with van der Waals surface area (Å²) in [5, 5.41) is 9.99. The Labute approximate surface area is 104 Å². The first-order valence-corrected chi connectivity index (χ1v) is 6.57. The third kappa shape index (κ3) is 2.56. The maximum Gasteiger partial charge on any atom is 0.245 e. The third-order valence-electron chi connectivity index (χ3n) is 4.01. The molecule has 0 aromatic carbocycles. The summed E-state index contributed by atoms with van der Waals surface area (Å²) in [5.74, 6) is 0.104. The highest BCUT2D eigenvalue weighted by Crippen LogP contribution is 2.29. The zero-order chi connectivity index (χ0) is 12.4. The van der Waals surface area contributed by atoms with Crippen LogP contribution in [0.2, 0.25) is 0 Å². The molecule has 2 saturated heterocycles. The van der Waals surface area contributed by atoms with E-state index in [0.717, 1.165) is 32.1 Å². The maximum atomic E-state index is 10.9. The first kappa shape index (κ1) is 13.1. The zero-order valence-corrected chi connectivity index (χ0v) is 10.6. The number of ether oxygens (including phenoxy) is 1. The molecule has 2 fully saturated rings. The van der Waals surface area contributed by atoms with Crippen LogP contribution >= 0.6 is 0 Å². The molecule has 0 aromatic rings. The minimum absolute atomic E-state index is 0.00335. The van der Waals surface area contributed by atoms with E-state index in [1.54, 1.807) is 0 Å². The molecule has 1 radical (unpaired) electrons. The van der Waals surface area contributed by atoms with Crippen molar-refractivity contribution in [2.24, 2.45) is 5.92 Å². The highest BCUT2D eigenvalue weighted by Gasteiger charge is 2.42. The van der Waals surface area contributed by atoms with Crippen molar-refractivity contribution >= 4 is 13.7 Å². The molecule has 0 aromatic heterocycles. The predicted molar refractivity (Wildman–Crippen MR) is 65.7 cm³/mol. The smallest absolute Gasteiger partial charge is 0.245 e. The van der Waals surface area contributed by atoms with Crippen molar-refractivity contribution in [2.45, 2.75) is 57.4 Å². The van der Waals surface area contributed by atoms with E-state index in [0.29, 0.717) is 0 Å². The van der Waals surface area contributed by atoms with Crippen LogP contribution in [0.1, 0.15) is 33.1 Å². The Morgan fingerprint density at radius 1 is 1.59 bits per heavy atom. The van der Waals surface area contributed by atoms with Gasteiger partial charge in [-0.3, -0.25) is 0 Å². The SMILES string of the molecule is CCC1OC([B]N2CCC[C@H]2C=O)C(C)[C@H]1O. The van der Waals surface area contributed by atoms with Crippen molar-refractivity contribution in [1.29, 1.82) is 0 Å². The molecule has 0 bridgehead atoms. The molecule has 2 rings (SSSR count). The van der Waals surface area contributed by atoms with Gasteiger partial charge in [-0.15, -0.1) is 0 Å². The second kappa shape index (κ2) is 5.50. The molecule has 5 atom stereocenters. The molecule has 0 amide bonds. The molecule has 2 aliphatic rings. The van der Waals surface area contributed by atoms with Crippen LogP contribution in [0.25, 0.3) is 0 Å². The summed E-state index contributed by atoms with van der Waals surface area (Å²) in [4.78, 5) is 13.0. The minimum Gasteiger partial charge on any atom is -0.390 e. The number of aldehydes is 1. The molecule has 1 N–H and O–H groups in total. The van der Waals surface area contributed by atoms with E-state index in [1.807, 2.05) is 21.3 Å². The molecule has 4 nitrogen and oxygen atoms in total. The number of nitrogens with zero attached hydrogens (tertiary/aromatic N) is 1. The van der Waals surface area contributed by atoms with Crippen molar-refractivity contribution in [3.8, 4) is 0 Å². The van der Waals surface area contributed by atoms with Crippen LogP contribution in [-0.2, 0) is 9.53 Å². The maximum absolute atomic E-state index is 10.9. The normalized spacial score (nSPS) is 42.9. The van der Waals surface area contributed by atoms with E-state index >= 15 is 0 Å². The summed E-state index contributed by atoms with van der Waals surface area (Å²) in [6.07, 6.45) is 3.37. The molecule has 17 heavy (non-hydrogen) atoms. The first-order chi connectivity index (χ1) is 8.17. The van der Waals surface area contributed by atoms with Crippen LogP contribution < -0.4 is 0 Å². The lowest BCUT2D eigenvalue weighted by Gasteiger charge is -2.24. The van der Waals surface area contributed by atoms with Crippen LogP contribution in [-0.4, -0.2) is 54.4 Å². The summed E-state index contributed by atoms with van der Waals surface area (Å²) in [7, 11) is 2.01. The summed E-state index contributed by atoms with van der Waals surface area (Å²) in [6.45, 7) is 4.95. The number of rotatable bonds is 4. The average molecular weight is 238 g/mol. The standard InChI is InChI=1S/C12H21BNO3/c1-3-10-11(16)8(2)12(17-10)13-14-6-4-5-9(14)7-15/h7-12,16H,3-6H2,1-2H3/t8?,9-,10?,11+,12?/m0/s1. The Hall–Kier alpha value is -0.385. The van der Waals surface area contributed by atoms with Gasteiger partial charge in [-0.25, -0.2) is 0 Å². The molecular weight excluding hydrogens is 217 g/mol. The van der Waals surface area contributed by atoms with Gasteiger partial charge in [-0.05, 0) is 25.8 Å². The summed E-state index contributed by atoms with van der Waals surface area (Å²) >= 11 is 0. The molecule has 5 heteroatoms. The van der Waals surface area contributed by atoms with Crippen LogP contribution in [0.3, 0.4) is 0 Å². The lowest BCUT2D eigenvalue weighted by Crippen LogP contribution is -2.42. The molecule has 0 aliphatic carbocycles. The van der Waals surface area contributed by atoms with Gasteiger partial charge in [0.25, 0.3) is 0 Å². The van der Waals surface area contributed by atoms with E-state index in [9.17, 15) is 9.90 Å². The fourth-order valence-electron chi connectivity index (χ4n) is 2.78. The fourth-order valence-corrected chi connectivity index (χ4v) is 2.78. The molecule has 3 unspecified atom stereocenters. The van der Waals surface area contributed by atoms with Gasteiger partial charge in [-0.1, -0.05) is 13.8 Å². The lowest BCUT2D eigenvalue weighted by molar-refractivity contribution is -0.110. The van der Waals surface area contributed by atoms with Gasteiger partial charge >= 0.3 is 0 Å². The molecule has 2 heterocycles. The summed E-state index contributed by atoms with van der Waals surface area (Å²) < 4.78 is 5.83. The van der Waals surface area contributed by atoms with E-state index in [1.165, 1.54) is 0 Å². The number of carbonyl (C=O) groups is 1. The fraction of sp³-hybridized carbons (Fsp3) is 0.917. The summed E-state index contributed by atoms with van der Waals surface area (Å²) in [6, 6.07) is -0.0564. The van der Waals surface area contributed by atoms with Gasteiger partial charge < -0.3 is 19.4 Å². The van der Waals surface area contributed by atoms with Gasteiger partial charge in [0.05, 0.1) is 24.3 Å². The first-order valence-electron chi connectivity index (χ1n) is 6.57. The topological polar surface area (TPSA) is 49.8 Å². The molecule has 95 valence electrons. The molecular formula is C12H21BNO3. The Morgan fingerprint density at radius 3 is 2.94 bits per heavy atom. The van der Waals surface area contributed by atoms with Crippen molar-refractivity contribution in [3.05, 3.63) is 0 Å². The van der Waals surface area contributed by atoms with Crippen molar-refractivity contribution < 1.29 is 14.6 Å². The Balaban J connectivity index is 1.93. The quantitative estimate of drug-likeness (QED) is 0.569. The molecule has 0 spiro atoms. The van der Waals surface area contributed by atoms with Gasteiger partial charge in [0.2, 0.25) is 7.41 Å². The largest absolute Gasteiger partial charge is 0.390 e. The van der Waals surface area contributed by atoms with Crippen LogP contribution in [0, 0.1) is 5.92 Å².